The fourth-order valence-electron chi connectivity index (χ4n) is 5.64. The highest BCUT2D eigenvalue weighted by molar-refractivity contribution is 5.93. The molecular formula is C28H32F2N4O2. The molecule has 8 heteroatoms. The summed E-state index contributed by atoms with van der Waals surface area (Å²) in [6.07, 6.45) is 8.17. The van der Waals surface area contributed by atoms with E-state index in [9.17, 15) is 18.4 Å². The van der Waals surface area contributed by atoms with Gasteiger partial charge in [-0.2, -0.15) is 0 Å². The summed E-state index contributed by atoms with van der Waals surface area (Å²) in [6.45, 7) is 2.90. The molecule has 1 saturated carbocycles. The number of nitrogens with zero attached hydrogens (tertiary/aromatic N) is 3. The Balaban J connectivity index is 1.09. The van der Waals surface area contributed by atoms with Crippen molar-refractivity contribution in [1.82, 2.24) is 14.5 Å². The van der Waals surface area contributed by atoms with Gasteiger partial charge in [0.15, 0.2) is 5.78 Å². The van der Waals surface area contributed by atoms with Crippen LogP contribution in [0.1, 0.15) is 50.6 Å². The van der Waals surface area contributed by atoms with Crippen LogP contribution >= 0.6 is 0 Å². The van der Waals surface area contributed by atoms with Crippen LogP contribution in [0.25, 0.3) is 10.9 Å². The van der Waals surface area contributed by atoms with E-state index in [0.29, 0.717) is 35.0 Å². The molecule has 0 radical (unpaired) electrons. The predicted molar refractivity (Wildman–Crippen MR) is 136 cm³/mol. The summed E-state index contributed by atoms with van der Waals surface area (Å²) in [5.41, 5.74) is 1.25. The molecule has 0 bridgehead atoms. The number of alkyl halides is 2. The zero-order chi connectivity index (χ0) is 25.3. The third-order valence-corrected chi connectivity index (χ3v) is 7.65. The fraction of sp³-hybridized carbons (Fsp3) is 0.464. The molecule has 2 aliphatic rings. The number of pyridine rings is 2. The summed E-state index contributed by atoms with van der Waals surface area (Å²) in [4.78, 5) is 31.5. The monoisotopic (exact) mass is 494 g/mol. The Labute approximate surface area is 209 Å². The lowest BCUT2D eigenvalue weighted by Crippen LogP contribution is -2.53. The second kappa shape index (κ2) is 10.1. The first-order chi connectivity index (χ1) is 17.3. The van der Waals surface area contributed by atoms with Crippen molar-refractivity contribution in [1.29, 1.82) is 0 Å². The average Bonchev–Trinajstić information content (AvgIpc) is 2.84. The maximum Gasteiger partial charge on any atom is 0.270 e. The van der Waals surface area contributed by atoms with Crippen LogP contribution in [0.3, 0.4) is 0 Å². The van der Waals surface area contributed by atoms with Crippen LogP contribution in [-0.2, 0) is 10.7 Å². The Bertz CT molecular complexity index is 1290. The number of likely N-dealkylation sites (tertiary alicyclic amines) is 1. The average molecular weight is 495 g/mol. The van der Waals surface area contributed by atoms with Gasteiger partial charge in [-0.25, -0.2) is 8.78 Å². The summed E-state index contributed by atoms with van der Waals surface area (Å²) in [5, 5.41) is 3.73. The second-order valence-corrected chi connectivity index (χ2v) is 10.3. The molecule has 2 aromatic heterocycles. The molecule has 1 N–H and O–H groups in total. The van der Waals surface area contributed by atoms with Crippen LogP contribution in [0.5, 0.6) is 0 Å². The van der Waals surface area contributed by atoms with E-state index in [-0.39, 0.29) is 29.5 Å². The highest BCUT2D eigenvalue weighted by atomic mass is 19.3. The third-order valence-electron chi connectivity index (χ3n) is 7.65. The molecule has 1 aromatic carbocycles. The number of fused-ring (bicyclic) bond motifs is 1. The number of ketones is 1. The Kier molecular flexibility index (Phi) is 6.88. The molecule has 0 unspecified atom stereocenters. The number of Topliss-reactive ketones (excluding diaryl/α,β-unsaturated/α-hetero) is 1. The molecule has 6 nitrogen and oxygen atoms in total. The smallest absolute Gasteiger partial charge is 0.270 e. The molecular weight excluding hydrogens is 462 g/mol. The molecule has 36 heavy (non-hydrogen) atoms. The number of aromatic nitrogens is 2. The van der Waals surface area contributed by atoms with Gasteiger partial charge >= 0.3 is 0 Å². The third kappa shape index (κ3) is 5.33. The maximum atomic E-state index is 13.8. The number of rotatable bonds is 8. The second-order valence-electron chi connectivity index (χ2n) is 10.3. The van der Waals surface area contributed by atoms with Gasteiger partial charge in [0.2, 0.25) is 0 Å². The van der Waals surface area contributed by atoms with Gasteiger partial charge in [-0.05, 0) is 55.9 Å². The van der Waals surface area contributed by atoms with E-state index in [1.807, 2.05) is 16.8 Å². The van der Waals surface area contributed by atoms with Crippen LogP contribution in [0.4, 0.5) is 14.5 Å². The van der Waals surface area contributed by atoms with E-state index >= 15 is 0 Å². The first-order valence-corrected chi connectivity index (χ1v) is 12.7. The van der Waals surface area contributed by atoms with Crippen LogP contribution in [0.15, 0.2) is 59.7 Å². The van der Waals surface area contributed by atoms with E-state index in [0.717, 1.165) is 45.7 Å². The topological polar surface area (TPSA) is 67.2 Å². The Morgan fingerprint density at radius 3 is 2.56 bits per heavy atom. The van der Waals surface area contributed by atoms with Crippen LogP contribution < -0.4 is 10.9 Å². The molecule has 0 amide bonds. The number of carbonyl (C=O) groups is 1. The summed E-state index contributed by atoms with van der Waals surface area (Å²) < 4.78 is 29.4. The predicted octanol–water partition coefficient (Wildman–Crippen LogP) is 5.00. The van der Waals surface area contributed by atoms with Crippen LogP contribution in [0.2, 0.25) is 0 Å². The van der Waals surface area contributed by atoms with E-state index in [4.69, 9.17) is 0 Å². The molecule has 1 aliphatic heterocycles. The molecule has 190 valence electrons. The van der Waals surface area contributed by atoms with Gasteiger partial charge in [-0.15, -0.1) is 0 Å². The molecule has 3 heterocycles. The van der Waals surface area contributed by atoms with Gasteiger partial charge in [-0.3, -0.25) is 19.5 Å². The number of nitrogens with one attached hydrogen (secondary N) is 1. The fourth-order valence-corrected chi connectivity index (χ4v) is 5.64. The SMILES string of the molecule is CC(F)(F)c1ccc2nccc(NCC(=O)CC3CN(C4CCC(n5ccccc5=O)CC4)C3)c2c1. The number of halogens is 2. The summed E-state index contributed by atoms with van der Waals surface area (Å²) in [7, 11) is 0. The van der Waals surface area contributed by atoms with Gasteiger partial charge in [0.1, 0.15) is 0 Å². The normalized spacial score (nSPS) is 21.3. The standard InChI is InChI=1S/C28H32F2N4O2/c1-28(29,30)20-5-10-25-24(15-20)26(11-12-31-25)32-16-23(35)14-19-17-33(18-19)21-6-8-22(9-7-21)34-13-3-2-4-27(34)36/h2-5,10-13,15,19,21-22H,6-9,14,16-18H2,1H3,(H,31,32). The Hall–Kier alpha value is -3.13. The van der Waals surface area contributed by atoms with Crippen molar-refractivity contribution < 1.29 is 13.6 Å². The Morgan fingerprint density at radius 1 is 1.08 bits per heavy atom. The first kappa shape index (κ1) is 24.6. The minimum absolute atomic E-state index is 0.0700. The van der Waals surface area contributed by atoms with Gasteiger partial charge in [-0.1, -0.05) is 12.1 Å². The number of hydrogen-bond donors (Lipinski definition) is 1. The van der Waals surface area contributed by atoms with Crippen molar-refractivity contribution in [2.45, 2.75) is 57.0 Å². The van der Waals surface area contributed by atoms with Crippen LogP contribution in [0, 0.1) is 5.92 Å². The van der Waals surface area contributed by atoms with E-state index < -0.39 is 5.92 Å². The molecule has 3 aromatic rings. The molecule has 0 spiro atoms. The van der Waals surface area contributed by atoms with Crippen LogP contribution in [-0.4, -0.2) is 45.9 Å². The lowest BCUT2D eigenvalue weighted by Gasteiger charge is -2.46. The lowest BCUT2D eigenvalue weighted by atomic mass is 9.85. The minimum Gasteiger partial charge on any atom is -0.377 e. The minimum atomic E-state index is -2.94. The summed E-state index contributed by atoms with van der Waals surface area (Å²) >= 11 is 0. The first-order valence-electron chi connectivity index (χ1n) is 12.7. The molecule has 5 rings (SSSR count). The summed E-state index contributed by atoms with van der Waals surface area (Å²) in [5.74, 6) is -2.46. The van der Waals surface area contributed by atoms with E-state index in [1.165, 1.54) is 12.1 Å². The van der Waals surface area contributed by atoms with Gasteiger partial charge < -0.3 is 9.88 Å². The van der Waals surface area contributed by atoms with Gasteiger partial charge in [0.05, 0.1) is 12.1 Å². The largest absolute Gasteiger partial charge is 0.377 e. The number of hydrogen-bond acceptors (Lipinski definition) is 5. The van der Waals surface area contributed by atoms with Crippen molar-refractivity contribution in [2.75, 3.05) is 25.0 Å². The number of carbonyl (C=O) groups excluding carboxylic acids is 1. The van der Waals surface area contributed by atoms with Crippen molar-refractivity contribution >= 4 is 22.4 Å². The summed E-state index contributed by atoms with van der Waals surface area (Å²) in [6, 6.07) is 12.3. The zero-order valence-electron chi connectivity index (χ0n) is 20.5. The Morgan fingerprint density at radius 2 is 1.83 bits per heavy atom. The molecule has 1 aliphatic carbocycles. The molecule has 0 atom stereocenters. The van der Waals surface area contributed by atoms with Gasteiger partial charge in [0, 0.05) is 73.6 Å². The number of benzene rings is 1. The number of anilines is 1. The molecule has 2 fully saturated rings. The van der Waals surface area contributed by atoms with Crippen molar-refractivity contribution in [3.05, 3.63) is 70.8 Å². The van der Waals surface area contributed by atoms with Gasteiger partial charge in [0.25, 0.3) is 11.5 Å². The maximum absolute atomic E-state index is 13.8. The quantitative estimate of drug-likeness (QED) is 0.478. The zero-order valence-corrected chi connectivity index (χ0v) is 20.5. The van der Waals surface area contributed by atoms with E-state index in [2.05, 4.69) is 15.2 Å². The van der Waals surface area contributed by atoms with Crippen molar-refractivity contribution in [3.8, 4) is 0 Å². The van der Waals surface area contributed by atoms with Crippen molar-refractivity contribution in [2.24, 2.45) is 5.92 Å². The van der Waals surface area contributed by atoms with E-state index in [1.54, 1.807) is 30.5 Å². The lowest BCUT2D eigenvalue weighted by molar-refractivity contribution is -0.120. The highest BCUT2D eigenvalue weighted by Gasteiger charge is 2.35. The molecule has 1 saturated heterocycles. The van der Waals surface area contributed by atoms with Crippen molar-refractivity contribution in [3.63, 3.8) is 0 Å². The highest BCUT2D eigenvalue weighted by Crippen LogP contribution is 2.34.